The molecular weight excluding hydrogens is 308 g/mol. The zero-order chi connectivity index (χ0) is 15.7. The number of aliphatic hydroxyl groups is 1. The zero-order valence-corrected chi connectivity index (χ0v) is 13.7. The van der Waals surface area contributed by atoms with Crippen LogP contribution in [0.4, 0.5) is 0 Å². The molecule has 0 amide bonds. The summed E-state index contributed by atoms with van der Waals surface area (Å²) in [6.45, 7) is 6.23. The van der Waals surface area contributed by atoms with Crippen molar-refractivity contribution in [3.63, 3.8) is 0 Å². The van der Waals surface area contributed by atoms with Gasteiger partial charge in [-0.15, -0.1) is 11.3 Å². The predicted molar refractivity (Wildman–Crippen MR) is 83.0 cm³/mol. The number of ether oxygens (including phenoxy) is 5. The van der Waals surface area contributed by atoms with Gasteiger partial charge in [-0.3, -0.25) is 0 Å². The van der Waals surface area contributed by atoms with Gasteiger partial charge in [-0.2, -0.15) is 0 Å². The summed E-state index contributed by atoms with van der Waals surface area (Å²) in [5, 5.41) is 12.5. The summed E-state index contributed by atoms with van der Waals surface area (Å²) < 4.78 is 27.7. The van der Waals surface area contributed by atoms with Crippen molar-refractivity contribution in [2.24, 2.45) is 5.41 Å². The number of fused-ring (bicyclic) bond motifs is 1. The van der Waals surface area contributed by atoms with E-state index in [9.17, 15) is 0 Å². The molecule has 22 heavy (non-hydrogen) atoms. The maximum absolute atomic E-state index is 8.54. The van der Waals surface area contributed by atoms with Crippen LogP contribution in [0.2, 0.25) is 0 Å². The highest BCUT2D eigenvalue weighted by atomic mass is 32.1. The van der Waals surface area contributed by atoms with Crippen LogP contribution in [-0.4, -0.2) is 64.6 Å². The van der Waals surface area contributed by atoms with E-state index in [-0.39, 0.29) is 12.0 Å². The van der Waals surface area contributed by atoms with Crippen molar-refractivity contribution in [2.45, 2.75) is 6.92 Å². The van der Waals surface area contributed by atoms with Gasteiger partial charge < -0.3 is 28.8 Å². The maximum atomic E-state index is 8.54. The normalized spacial score (nSPS) is 16.5. The number of aliphatic hydroxyl groups excluding tert-OH is 1. The van der Waals surface area contributed by atoms with E-state index in [1.54, 1.807) is 11.3 Å². The molecule has 1 aromatic rings. The Morgan fingerprint density at radius 3 is 2.14 bits per heavy atom. The SMILES string of the molecule is CC1(COCCOCCOCCO)COc2cscc2OC1. The molecule has 7 heteroatoms. The van der Waals surface area contributed by atoms with Gasteiger partial charge in [0.25, 0.3) is 0 Å². The molecule has 1 aliphatic heterocycles. The highest BCUT2D eigenvalue weighted by Crippen LogP contribution is 2.36. The summed E-state index contributed by atoms with van der Waals surface area (Å²) >= 11 is 1.58. The van der Waals surface area contributed by atoms with Gasteiger partial charge in [-0.25, -0.2) is 0 Å². The van der Waals surface area contributed by atoms with Gasteiger partial charge in [-0.05, 0) is 0 Å². The molecule has 126 valence electrons. The fraction of sp³-hybridized carbons (Fsp3) is 0.733. The Hall–Kier alpha value is -0.860. The standard InChI is InChI=1S/C15H24O6S/c1-15(10-19-7-6-18-5-4-17-3-2-16)11-20-13-8-22-9-14(13)21-12-15/h8-9,16H,2-7,10-12H2,1H3. The van der Waals surface area contributed by atoms with Crippen LogP contribution in [0.25, 0.3) is 0 Å². The molecule has 0 fully saturated rings. The van der Waals surface area contributed by atoms with Crippen LogP contribution in [0.15, 0.2) is 10.8 Å². The van der Waals surface area contributed by atoms with E-state index in [2.05, 4.69) is 6.92 Å². The van der Waals surface area contributed by atoms with Gasteiger partial charge in [0.2, 0.25) is 0 Å². The molecule has 6 nitrogen and oxygen atoms in total. The second-order valence-corrected chi connectivity index (χ2v) is 6.23. The fourth-order valence-corrected chi connectivity index (χ4v) is 2.62. The van der Waals surface area contributed by atoms with Crippen molar-refractivity contribution < 1.29 is 28.8 Å². The molecule has 0 aliphatic carbocycles. The Balaban J connectivity index is 1.54. The van der Waals surface area contributed by atoms with Crippen LogP contribution in [0.5, 0.6) is 11.5 Å². The Morgan fingerprint density at radius 1 is 1.00 bits per heavy atom. The second kappa shape index (κ2) is 9.32. The third-order valence-corrected chi connectivity index (χ3v) is 3.88. The lowest BCUT2D eigenvalue weighted by Gasteiger charge is -2.26. The maximum Gasteiger partial charge on any atom is 0.171 e. The topological polar surface area (TPSA) is 66.4 Å². The van der Waals surface area contributed by atoms with Crippen molar-refractivity contribution in [3.8, 4) is 11.5 Å². The van der Waals surface area contributed by atoms with Gasteiger partial charge in [-0.1, -0.05) is 6.92 Å². The van der Waals surface area contributed by atoms with Gasteiger partial charge in [0, 0.05) is 10.8 Å². The number of thiophene rings is 1. The second-order valence-electron chi connectivity index (χ2n) is 5.49. The van der Waals surface area contributed by atoms with Crippen LogP contribution in [0.3, 0.4) is 0 Å². The quantitative estimate of drug-likeness (QED) is 0.656. The first kappa shape index (κ1) is 17.5. The Morgan fingerprint density at radius 2 is 1.55 bits per heavy atom. The van der Waals surface area contributed by atoms with Crippen LogP contribution >= 0.6 is 11.3 Å². The van der Waals surface area contributed by atoms with Gasteiger partial charge in [0.1, 0.15) is 0 Å². The average molecular weight is 332 g/mol. The first-order chi connectivity index (χ1) is 10.7. The Labute approximate surface area is 134 Å². The van der Waals surface area contributed by atoms with Crippen LogP contribution < -0.4 is 9.47 Å². The fourth-order valence-electron chi connectivity index (χ4n) is 1.94. The first-order valence-corrected chi connectivity index (χ1v) is 8.34. The monoisotopic (exact) mass is 332 g/mol. The lowest BCUT2D eigenvalue weighted by Crippen LogP contribution is -2.35. The molecule has 1 aromatic heterocycles. The first-order valence-electron chi connectivity index (χ1n) is 7.39. The molecule has 2 heterocycles. The highest BCUT2D eigenvalue weighted by molar-refractivity contribution is 7.08. The molecule has 1 N–H and O–H groups in total. The zero-order valence-electron chi connectivity index (χ0n) is 12.9. The van der Waals surface area contributed by atoms with Crippen LogP contribution in [-0.2, 0) is 14.2 Å². The van der Waals surface area contributed by atoms with Crippen LogP contribution in [0.1, 0.15) is 6.92 Å². The minimum Gasteiger partial charge on any atom is -0.488 e. The molecule has 0 radical (unpaired) electrons. The molecule has 2 rings (SSSR count). The lowest BCUT2D eigenvalue weighted by atomic mass is 9.94. The summed E-state index contributed by atoms with van der Waals surface area (Å²) in [4.78, 5) is 0. The van der Waals surface area contributed by atoms with E-state index in [0.29, 0.717) is 52.9 Å². The van der Waals surface area contributed by atoms with E-state index in [4.69, 9.17) is 28.8 Å². The summed E-state index contributed by atoms with van der Waals surface area (Å²) in [7, 11) is 0. The Bertz CT molecular complexity index is 399. The van der Waals surface area contributed by atoms with Crippen molar-refractivity contribution >= 4 is 11.3 Å². The summed E-state index contributed by atoms with van der Waals surface area (Å²) in [6.07, 6.45) is 0. The van der Waals surface area contributed by atoms with Crippen molar-refractivity contribution in [1.29, 1.82) is 0 Å². The van der Waals surface area contributed by atoms with E-state index < -0.39 is 0 Å². The van der Waals surface area contributed by atoms with Crippen molar-refractivity contribution in [1.82, 2.24) is 0 Å². The smallest absolute Gasteiger partial charge is 0.171 e. The number of hydrogen-bond acceptors (Lipinski definition) is 7. The third-order valence-electron chi connectivity index (χ3n) is 3.18. The summed E-state index contributed by atoms with van der Waals surface area (Å²) in [5.74, 6) is 1.64. The largest absolute Gasteiger partial charge is 0.488 e. The van der Waals surface area contributed by atoms with Gasteiger partial charge in [0.05, 0.1) is 64.9 Å². The molecule has 0 unspecified atom stereocenters. The van der Waals surface area contributed by atoms with E-state index >= 15 is 0 Å². The Kier molecular flexibility index (Phi) is 7.41. The minimum absolute atomic E-state index is 0.0400. The minimum atomic E-state index is -0.166. The van der Waals surface area contributed by atoms with Gasteiger partial charge in [0.15, 0.2) is 11.5 Å². The molecular formula is C15H24O6S. The van der Waals surface area contributed by atoms with E-state index in [1.807, 2.05) is 10.8 Å². The third kappa shape index (κ3) is 5.73. The number of rotatable bonds is 10. The molecule has 0 saturated carbocycles. The average Bonchev–Trinajstić information content (AvgIpc) is 2.91. The molecule has 0 aromatic carbocycles. The highest BCUT2D eigenvalue weighted by Gasteiger charge is 2.31. The van der Waals surface area contributed by atoms with E-state index in [1.165, 1.54) is 0 Å². The van der Waals surface area contributed by atoms with Crippen molar-refractivity contribution in [3.05, 3.63) is 10.8 Å². The molecule has 0 atom stereocenters. The number of hydrogen-bond donors (Lipinski definition) is 1. The van der Waals surface area contributed by atoms with Gasteiger partial charge >= 0.3 is 0 Å². The van der Waals surface area contributed by atoms with E-state index in [0.717, 1.165) is 11.5 Å². The molecule has 0 saturated heterocycles. The predicted octanol–water partition coefficient (Wildman–Crippen LogP) is 1.57. The summed E-state index contributed by atoms with van der Waals surface area (Å²) in [5.41, 5.74) is -0.166. The van der Waals surface area contributed by atoms with Crippen molar-refractivity contribution in [2.75, 3.05) is 59.5 Å². The molecule has 1 aliphatic rings. The molecule has 0 bridgehead atoms. The lowest BCUT2D eigenvalue weighted by molar-refractivity contribution is -0.0267. The van der Waals surface area contributed by atoms with Crippen LogP contribution in [0, 0.1) is 5.41 Å². The molecule has 0 spiro atoms. The summed E-state index contributed by atoms with van der Waals surface area (Å²) in [6, 6.07) is 0.